The second-order valence-electron chi connectivity index (χ2n) is 5.54. The Bertz CT molecular complexity index is 662. The number of para-hydroxylation sites is 2. The molecule has 128 valence electrons. The molecule has 7 nitrogen and oxygen atoms in total. The van der Waals surface area contributed by atoms with Crippen LogP contribution in [0.15, 0.2) is 24.3 Å². The molecule has 8 heteroatoms. The number of hydrogen-bond donors (Lipinski definition) is 1. The normalized spacial score (nSPS) is 20.3. The fraction of sp³-hybridized carbons (Fsp3) is 0.533. The predicted octanol–water partition coefficient (Wildman–Crippen LogP) is 0.613. The maximum Gasteiger partial charge on any atom is 0.265 e. The van der Waals surface area contributed by atoms with Gasteiger partial charge in [-0.15, -0.1) is 0 Å². The number of rotatable bonds is 6. The quantitative estimate of drug-likeness (QED) is 0.766. The molecule has 1 heterocycles. The molecule has 1 N–H and O–H groups in total. The van der Waals surface area contributed by atoms with E-state index in [0.29, 0.717) is 31.0 Å². The summed E-state index contributed by atoms with van der Waals surface area (Å²) in [5.41, 5.74) is 0. The summed E-state index contributed by atoms with van der Waals surface area (Å²) in [6, 6.07) is 7.20. The standard InChI is InChI=1S/C15H22N2O5S/c1-11-14(22-13-8-5-4-7-12(13)21-11)15(18)16-9-6-10-17(2)23(3,19)20/h4-5,7-8,11,14H,6,9-10H2,1-3H3,(H,16,18). The molecule has 0 spiro atoms. The first-order valence-corrected chi connectivity index (χ1v) is 9.25. The molecule has 1 aromatic carbocycles. The highest BCUT2D eigenvalue weighted by atomic mass is 32.2. The number of amides is 1. The lowest BCUT2D eigenvalue weighted by atomic mass is 10.1. The Balaban J connectivity index is 1.82. The van der Waals surface area contributed by atoms with Crippen LogP contribution < -0.4 is 14.8 Å². The fourth-order valence-electron chi connectivity index (χ4n) is 2.19. The van der Waals surface area contributed by atoms with E-state index in [1.165, 1.54) is 11.4 Å². The van der Waals surface area contributed by atoms with Crippen LogP contribution in [0.5, 0.6) is 11.5 Å². The lowest BCUT2D eigenvalue weighted by molar-refractivity contribution is -0.133. The molecular formula is C15H22N2O5S. The molecule has 2 unspecified atom stereocenters. The number of nitrogens with one attached hydrogen (secondary N) is 1. The van der Waals surface area contributed by atoms with Crippen molar-refractivity contribution < 1.29 is 22.7 Å². The van der Waals surface area contributed by atoms with Gasteiger partial charge < -0.3 is 14.8 Å². The molecule has 2 rings (SSSR count). The minimum atomic E-state index is -3.19. The second kappa shape index (κ2) is 7.18. The van der Waals surface area contributed by atoms with Gasteiger partial charge in [0.25, 0.3) is 5.91 Å². The number of ether oxygens (including phenoxy) is 2. The third-order valence-corrected chi connectivity index (χ3v) is 4.93. The van der Waals surface area contributed by atoms with Crippen LogP contribution in [-0.2, 0) is 14.8 Å². The number of carbonyl (C=O) groups excluding carboxylic acids is 1. The molecule has 1 aliphatic heterocycles. The number of benzene rings is 1. The maximum absolute atomic E-state index is 12.2. The highest BCUT2D eigenvalue weighted by Gasteiger charge is 2.33. The van der Waals surface area contributed by atoms with Gasteiger partial charge in [-0.2, -0.15) is 0 Å². The minimum Gasteiger partial charge on any atom is -0.482 e. The smallest absolute Gasteiger partial charge is 0.265 e. The summed E-state index contributed by atoms with van der Waals surface area (Å²) in [5, 5.41) is 2.75. The van der Waals surface area contributed by atoms with E-state index in [2.05, 4.69) is 5.32 Å². The fourth-order valence-corrected chi connectivity index (χ4v) is 2.65. The van der Waals surface area contributed by atoms with Gasteiger partial charge in [-0.05, 0) is 25.5 Å². The number of sulfonamides is 1. The van der Waals surface area contributed by atoms with Crippen LogP contribution in [0.1, 0.15) is 13.3 Å². The zero-order valence-electron chi connectivity index (χ0n) is 13.5. The molecular weight excluding hydrogens is 320 g/mol. The van der Waals surface area contributed by atoms with Crippen LogP contribution >= 0.6 is 0 Å². The average Bonchev–Trinajstić information content (AvgIpc) is 2.49. The molecule has 0 aromatic heterocycles. The third-order valence-electron chi connectivity index (χ3n) is 3.62. The van der Waals surface area contributed by atoms with Crippen molar-refractivity contribution in [2.45, 2.75) is 25.6 Å². The summed E-state index contributed by atoms with van der Waals surface area (Å²) in [7, 11) is -1.68. The summed E-state index contributed by atoms with van der Waals surface area (Å²) in [5.74, 6) is 0.899. The molecule has 23 heavy (non-hydrogen) atoms. The van der Waals surface area contributed by atoms with Gasteiger partial charge in [-0.3, -0.25) is 4.79 Å². The van der Waals surface area contributed by atoms with E-state index in [1.54, 1.807) is 19.1 Å². The molecule has 0 bridgehead atoms. The summed E-state index contributed by atoms with van der Waals surface area (Å²) < 4.78 is 35.2. The molecule has 0 fully saturated rings. The first-order chi connectivity index (χ1) is 10.8. The van der Waals surface area contributed by atoms with Gasteiger partial charge in [0.15, 0.2) is 11.5 Å². The van der Waals surface area contributed by atoms with Crippen molar-refractivity contribution in [2.75, 3.05) is 26.4 Å². The first-order valence-electron chi connectivity index (χ1n) is 7.40. The van der Waals surface area contributed by atoms with Crippen LogP contribution in [-0.4, -0.2) is 57.2 Å². The summed E-state index contributed by atoms with van der Waals surface area (Å²) in [6.45, 7) is 2.49. The second-order valence-corrected chi connectivity index (χ2v) is 7.63. The van der Waals surface area contributed by atoms with Crippen LogP contribution in [0.4, 0.5) is 0 Å². The molecule has 0 saturated heterocycles. The van der Waals surface area contributed by atoms with Gasteiger partial charge in [0.2, 0.25) is 16.1 Å². The van der Waals surface area contributed by atoms with Gasteiger partial charge in [0.05, 0.1) is 6.26 Å². The minimum absolute atomic E-state index is 0.269. The van der Waals surface area contributed by atoms with Gasteiger partial charge in [0.1, 0.15) is 6.10 Å². The molecule has 1 aliphatic rings. The third kappa shape index (κ3) is 4.59. The van der Waals surface area contributed by atoms with E-state index in [0.717, 1.165) is 6.26 Å². The Hall–Kier alpha value is -1.80. The Labute approximate surface area is 136 Å². The lowest BCUT2D eigenvalue weighted by Crippen LogP contribution is -2.49. The summed E-state index contributed by atoms with van der Waals surface area (Å²) in [4.78, 5) is 12.2. The van der Waals surface area contributed by atoms with Crippen molar-refractivity contribution in [2.24, 2.45) is 0 Å². The topological polar surface area (TPSA) is 84.9 Å². The Kier molecular flexibility index (Phi) is 5.48. The van der Waals surface area contributed by atoms with Crippen LogP contribution in [0.2, 0.25) is 0 Å². The molecule has 1 aromatic rings. The van der Waals surface area contributed by atoms with E-state index >= 15 is 0 Å². The van der Waals surface area contributed by atoms with Crippen molar-refractivity contribution >= 4 is 15.9 Å². The molecule has 0 saturated carbocycles. The van der Waals surface area contributed by atoms with Crippen molar-refractivity contribution in [3.63, 3.8) is 0 Å². The van der Waals surface area contributed by atoms with E-state index in [4.69, 9.17) is 9.47 Å². The lowest BCUT2D eigenvalue weighted by Gasteiger charge is -2.31. The summed E-state index contributed by atoms with van der Waals surface area (Å²) >= 11 is 0. The van der Waals surface area contributed by atoms with Gasteiger partial charge >= 0.3 is 0 Å². The predicted molar refractivity (Wildman–Crippen MR) is 86.0 cm³/mol. The highest BCUT2D eigenvalue weighted by molar-refractivity contribution is 7.88. The van der Waals surface area contributed by atoms with Crippen molar-refractivity contribution in [3.05, 3.63) is 24.3 Å². The largest absolute Gasteiger partial charge is 0.482 e. The number of carbonyl (C=O) groups is 1. The zero-order chi connectivity index (χ0) is 17.0. The number of hydrogen-bond acceptors (Lipinski definition) is 5. The highest BCUT2D eigenvalue weighted by Crippen LogP contribution is 2.33. The van der Waals surface area contributed by atoms with Crippen molar-refractivity contribution in [1.82, 2.24) is 9.62 Å². The van der Waals surface area contributed by atoms with E-state index in [-0.39, 0.29) is 5.91 Å². The van der Waals surface area contributed by atoms with E-state index in [1.807, 2.05) is 12.1 Å². The molecule has 0 aliphatic carbocycles. The molecule has 1 amide bonds. The SMILES string of the molecule is CC1Oc2ccccc2OC1C(=O)NCCCN(C)S(C)(=O)=O. The van der Waals surface area contributed by atoms with Crippen LogP contribution in [0, 0.1) is 0 Å². The number of nitrogens with zero attached hydrogens (tertiary/aromatic N) is 1. The van der Waals surface area contributed by atoms with Crippen LogP contribution in [0.3, 0.4) is 0 Å². The van der Waals surface area contributed by atoms with E-state index < -0.39 is 22.2 Å². The van der Waals surface area contributed by atoms with Gasteiger partial charge in [0, 0.05) is 20.1 Å². The zero-order valence-corrected chi connectivity index (χ0v) is 14.3. The monoisotopic (exact) mass is 342 g/mol. The van der Waals surface area contributed by atoms with E-state index in [9.17, 15) is 13.2 Å². The Morgan fingerprint density at radius 1 is 1.26 bits per heavy atom. The van der Waals surface area contributed by atoms with Crippen molar-refractivity contribution in [3.8, 4) is 11.5 Å². The molecule has 2 atom stereocenters. The van der Waals surface area contributed by atoms with Crippen LogP contribution in [0.25, 0.3) is 0 Å². The maximum atomic E-state index is 12.2. The van der Waals surface area contributed by atoms with Gasteiger partial charge in [-0.1, -0.05) is 12.1 Å². The Morgan fingerprint density at radius 3 is 2.48 bits per heavy atom. The Morgan fingerprint density at radius 2 is 1.87 bits per heavy atom. The average molecular weight is 342 g/mol. The van der Waals surface area contributed by atoms with Gasteiger partial charge in [-0.25, -0.2) is 12.7 Å². The van der Waals surface area contributed by atoms with Crippen molar-refractivity contribution in [1.29, 1.82) is 0 Å². The first kappa shape index (κ1) is 17.6. The summed E-state index contributed by atoms with van der Waals surface area (Å²) in [6.07, 6.45) is 0.548. The number of fused-ring (bicyclic) bond motifs is 1. The molecule has 0 radical (unpaired) electrons.